The molecule has 0 fully saturated rings. The fourth-order valence-electron chi connectivity index (χ4n) is 1.16. The average Bonchev–Trinajstić information content (AvgIpc) is 2.46. The molecule has 10 heteroatoms. The summed E-state index contributed by atoms with van der Waals surface area (Å²) < 4.78 is 42.1. The third kappa shape index (κ3) is 6.59. The molecule has 1 rings (SSSR count). The quantitative estimate of drug-likeness (QED) is 0.722. The molecule has 0 saturated carbocycles. The fraction of sp³-hybridized carbons (Fsp3) is 0.333. The number of hydrogen-bond donors (Lipinski definition) is 3. The van der Waals surface area contributed by atoms with E-state index < -0.39 is 12.1 Å². The van der Waals surface area contributed by atoms with Crippen LogP contribution in [0.15, 0.2) is 18.2 Å². The van der Waals surface area contributed by atoms with Crippen LogP contribution in [0.4, 0.5) is 18.9 Å². The summed E-state index contributed by atoms with van der Waals surface area (Å²) in [7, 11) is 3.18. The third-order valence-corrected chi connectivity index (χ3v) is 2.39. The highest BCUT2D eigenvalue weighted by atomic mass is 32.1. The monoisotopic (exact) mass is 340 g/mol. The molecule has 0 aromatic heterocycles. The number of nitrogens with one attached hydrogen (secondary N) is 1. The van der Waals surface area contributed by atoms with Crippen LogP contribution in [0.3, 0.4) is 0 Å². The minimum Gasteiger partial charge on any atom is -0.494 e. The van der Waals surface area contributed by atoms with Crippen LogP contribution in [0.2, 0.25) is 0 Å². The Balaban J connectivity index is 0.000000534. The molecule has 4 N–H and O–H groups in total. The van der Waals surface area contributed by atoms with Crippen molar-refractivity contribution < 1.29 is 32.5 Å². The van der Waals surface area contributed by atoms with Crippen LogP contribution in [0.5, 0.6) is 11.5 Å². The lowest BCUT2D eigenvalue weighted by Gasteiger charge is -2.14. The first-order valence-electron chi connectivity index (χ1n) is 5.68. The average molecular weight is 340 g/mol. The van der Waals surface area contributed by atoms with Crippen molar-refractivity contribution >= 4 is 28.9 Å². The molecule has 6 nitrogen and oxygen atoms in total. The van der Waals surface area contributed by atoms with E-state index >= 15 is 0 Å². The number of aliphatic carboxylic acids is 1. The van der Waals surface area contributed by atoms with Crippen molar-refractivity contribution in [2.75, 3.05) is 26.1 Å². The Kier molecular flexibility index (Phi) is 8.20. The number of thiocarbonyl (C=S) groups is 1. The van der Waals surface area contributed by atoms with Gasteiger partial charge in [0, 0.05) is 6.54 Å². The van der Waals surface area contributed by atoms with Crippen LogP contribution in [0, 0.1) is 0 Å². The van der Waals surface area contributed by atoms with Gasteiger partial charge in [0.25, 0.3) is 0 Å². The maximum absolute atomic E-state index is 10.6. The maximum atomic E-state index is 10.6. The van der Waals surface area contributed by atoms with E-state index in [2.05, 4.69) is 5.32 Å². The number of carboxylic acid groups (broad SMARTS) is 1. The van der Waals surface area contributed by atoms with E-state index in [0.29, 0.717) is 22.2 Å². The molecule has 0 atom stereocenters. The van der Waals surface area contributed by atoms with E-state index in [1.165, 1.54) is 0 Å². The SMILES string of the molecule is COc1cccc(OC)c1NC(=S)CN.O=C(O)C(F)(F)F. The van der Waals surface area contributed by atoms with Gasteiger partial charge in [-0.15, -0.1) is 0 Å². The summed E-state index contributed by atoms with van der Waals surface area (Å²) in [5.41, 5.74) is 6.12. The van der Waals surface area contributed by atoms with Crippen molar-refractivity contribution in [3.8, 4) is 11.5 Å². The number of benzene rings is 1. The van der Waals surface area contributed by atoms with Gasteiger partial charge in [0.15, 0.2) is 0 Å². The molecule has 0 heterocycles. The van der Waals surface area contributed by atoms with Crippen LogP contribution < -0.4 is 20.5 Å². The van der Waals surface area contributed by atoms with Crippen molar-refractivity contribution in [3.63, 3.8) is 0 Å². The number of methoxy groups -OCH3 is 2. The molecule has 1 aromatic carbocycles. The zero-order chi connectivity index (χ0) is 17.3. The third-order valence-electron chi connectivity index (χ3n) is 2.12. The Hall–Kier alpha value is -2.07. The minimum absolute atomic E-state index is 0.288. The number of alkyl halides is 3. The molecule has 0 radical (unpaired) electrons. The van der Waals surface area contributed by atoms with Gasteiger partial charge in [-0.1, -0.05) is 18.3 Å². The molecular weight excluding hydrogens is 325 g/mol. The standard InChI is InChI=1S/C10H14N2O2S.C2HF3O2/c1-13-7-4-3-5-8(14-2)10(7)12-9(15)6-11;3-2(4,5)1(6)7/h3-5H,6,11H2,1-2H3,(H,12,15);(H,6,7). The molecular formula is C12H15F3N2O4S. The normalized spacial score (nSPS) is 10.1. The first kappa shape index (κ1) is 19.9. The molecule has 0 aliphatic heterocycles. The minimum atomic E-state index is -5.08. The van der Waals surface area contributed by atoms with Gasteiger partial charge < -0.3 is 25.6 Å². The van der Waals surface area contributed by atoms with Gasteiger partial charge in [0.2, 0.25) is 0 Å². The molecule has 1 aromatic rings. The van der Waals surface area contributed by atoms with Gasteiger partial charge in [0.1, 0.15) is 17.2 Å². The lowest BCUT2D eigenvalue weighted by Crippen LogP contribution is -2.21. The highest BCUT2D eigenvalue weighted by Crippen LogP contribution is 2.33. The van der Waals surface area contributed by atoms with Crippen molar-refractivity contribution in [1.29, 1.82) is 0 Å². The molecule has 0 unspecified atom stereocenters. The molecule has 0 amide bonds. The van der Waals surface area contributed by atoms with E-state index in [-0.39, 0.29) is 6.54 Å². The summed E-state index contributed by atoms with van der Waals surface area (Å²) in [4.78, 5) is 9.44. The zero-order valence-corrected chi connectivity index (χ0v) is 12.5. The summed E-state index contributed by atoms with van der Waals surface area (Å²) in [6, 6.07) is 5.49. The summed E-state index contributed by atoms with van der Waals surface area (Å²) in [5.74, 6) is -1.41. The highest BCUT2D eigenvalue weighted by Gasteiger charge is 2.38. The molecule has 124 valence electrons. The predicted molar refractivity (Wildman–Crippen MR) is 78.5 cm³/mol. The topological polar surface area (TPSA) is 93.8 Å². The number of ether oxygens (including phenoxy) is 2. The number of rotatable bonds is 4. The lowest BCUT2D eigenvalue weighted by molar-refractivity contribution is -0.192. The summed E-state index contributed by atoms with van der Waals surface area (Å²) in [6.45, 7) is 0.288. The number of para-hydroxylation sites is 1. The molecule has 0 bridgehead atoms. The maximum Gasteiger partial charge on any atom is 0.490 e. The Morgan fingerprint density at radius 1 is 1.32 bits per heavy atom. The van der Waals surface area contributed by atoms with E-state index in [1.54, 1.807) is 14.2 Å². The Morgan fingerprint density at radius 2 is 1.73 bits per heavy atom. The molecule has 0 aliphatic rings. The van der Waals surface area contributed by atoms with E-state index in [1.807, 2.05) is 18.2 Å². The highest BCUT2D eigenvalue weighted by molar-refractivity contribution is 7.80. The Bertz CT molecular complexity index is 501. The number of carbonyl (C=O) groups is 1. The number of anilines is 1. The van der Waals surface area contributed by atoms with Crippen LogP contribution in [0.1, 0.15) is 0 Å². The molecule has 22 heavy (non-hydrogen) atoms. The summed E-state index contributed by atoms with van der Waals surface area (Å²) in [6.07, 6.45) is -5.08. The Labute approximate surface area is 130 Å². The zero-order valence-electron chi connectivity index (χ0n) is 11.7. The van der Waals surface area contributed by atoms with Gasteiger partial charge in [-0.2, -0.15) is 13.2 Å². The second-order valence-corrected chi connectivity index (χ2v) is 4.09. The second-order valence-electron chi connectivity index (χ2n) is 3.59. The number of carboxylic acids is 1. The van der Waals surface area contributed by atoms with Crippen molar-refractivity contribution in [3.05, 3.63) is 18.2 Å². The second kappa shape index (κ2) is 9.05. The summed E-state index contributed by atoms with van der Waals surface area (Å²) >= 11 is 5.01. The van der Waals surface area contributed by atoms with E-state index in [0.717, 1.165) is 0 Å². The van der Waals surface area contributed by atoms with Crippen molar-refractivity contribution in [2.45, 2.75) is 6.18 Å². The van der Waals surface area contributed by atoms with Gasteiger partial charge in [-0.25, -0.2) is 4.79 Å². The predicted octanol–water partition coefficient (Wildman–Crippen LogP) is 2.04. The van der Waals surface area contributed by atoms with Gasteiger partial charge in [-0.3, -0.25) is 0 Å². The van der Waals surface area contributed by atoms with Crippen LogP contribution in [-0.4, -0.2) is 43.0 Å². The molecule has 0 saturated heterocycles. The van der Waals surface area contributed by atoms with Gasteiger partial charge in [0.05, 0.1) is 19.2 Å². The number of nitrogens with two attached hydrogens (primary N) is 1. The van der Waals surface area contributed by atoms with Crippen LogP contribution in [0.25, 0.3) is 0 Å². The first-order valence-corrected chi connectivity index (χ1v) is 6.09. The van der Waals surface area contributed by atoms with E-state index in [4.69, 9.17) is 37.3 Å². The number of hydrogen-bond acceptors (Lipinski definition) is 5. The van der Waals surface area contributed by atoms with Gasteiger partial charge in [-0.05, 0) is 12.1 Å². The lowest BCUT2D eigenvalue weighted by atomic mass is 10.2. The van der Waals surface area contributed by atoms with Gasteiger partial charge >= 0.3 is 12.1 Å². The van der Waals surface area contributed by atoms with Crippen LogP contribution in [-0.2, 0) is 4.79 Å². The molecule has 0 spiro atoms. The van der Waals surface area contributed by atoms with Crippen molar-refractivity contribution in [1.82, 2.24) is 0 Å². The Morgan fingerprint density at radius 3 is 2.00 bits per heavy atom. The van der Waals surface area contributed by atoms with Crippen molar-refractivity contribution in [2.24, 2.45) is 5.73 Å². The largest absolute Gasteiger partial charge is 0.494 e. The van der Waals surface area contributed by atoms with E-state index in [9.17, 15) is 13.2 Å². The molecule has 0 aliphatic carbocycles. The first-order chi connectivity index (χ1) is 10.2. The number of halogens is 3. The summed E-state index contributed by atoms with van der Waals surface area (Å²) in [5, 5.41) is 10.1. The fourth-order valence-corrected chi connectivity index (χ4v) is 1.27. The smallest absolute Gasteiger partial charge is 0.490 e. The van der Waals surface area contributed by atoms with Crippen LogP contribution >= 0.6 is 12.2 Å².